The van der Waals surface area contributed by atoms with Crippen LogP contribution in [-0.2, 0) is 0 Å². The molecule has 0 nitrogen and oxygen atoms in total. The molecule has 0 spiro atoms. The van der Waals surface area contributed by atoms with Crippen molar-refractivity contribution in [2.75, 3.05) is 0 Å². The van der Waals surface area contributed by atoms with Crippen molar-refractivity contribution in [1.82, 2.24) is 0 Å². The zero-order chi connectivity index (χ0) is 12.4. The molecule has 0 fully saturated rings. The van der Waals surface area contributed by atoms with Gasteiger partial charge in [-0.2, -0.15) is 0 Å². The zero-order valence-electron chi connectivity index (χ0n) is 9.50. The van der Waals surface area contributed by atoms with E-state index in [0.29, 0.717) is 0 Å². The molecule has 3 rings (SSSR count). The van der Waals surface area contributed by atoms with Crippen molar-refractivity contribution < 1.29 is 0 Å². The van der Waals surface area contributed by atoms with E-state index in [1.54, 1.807) is 22.7 Å². The van der Waals surface area contributed by atoms with Gasteiger partial charge in [0.25, 0.3) is 0 Å². The van der Waals surface area contributed by atoms with Crippen LogP contribution in [0.1, 0.15) is 0 Å². The molecule has 0 amide bonds. The quantitative estimate of drug-likeness (QED) is 0.531. The van der Waals surface area contributed by atoms with Crippen molar-refractivity contribution in [2.45, 2.75) is 0 Å². The molecule has 0 aliphatic heterocycles. The van der Waals surface area contributed by atoms with Gasteiger partial charge >= 0.3 is 0 Å². The fraction of sp³-hybridized carbons (Fsp3) is 0. The summed E-state index contributed by atoms with van der Waals surface area (Å²) in [5, 5.41) is 2.13. The average Bonchev–Trinajstić information content (AvgIpc) is 2.87. The second-order valence-electron chi connectivity index (χ2n) is 3.90. The molecule has 0 N–H and O–H groups in total. The number of rotatable bonds is 2. The molecule has 0 radical (unpaired) electrons. The number of benzene rings is 2. The fourth-order valence-electron chi connectivity index (χ4n) is 1.82. The molecule has 0 bridgehead atoms. The molecule has 0 saturated carbocycles. The lowest BCUT2D eigenvalue weighted by atomic mass is 10.0. The van der Waals surface area contributed by atoms with Gasteiger partial charge in [-0.25, -0.2) is 0 Å². The van der Waals surface area contributed by atoms with Gasteiger partial charge in [-0.15, -0.1) is 22.7 Å². The van der Waals surface area contributed by atoms with Gasteiger partial charge in [-0.05, 0) is 16.7 Å². The van der Waals surface area contributed by atoms with E-state index in [1.807, 2.05) is 6.07 Å². The Bertz CT molecular complexity index is 690. The van der Waals surface area contributed by atoms with Crippen molar-refractivity contribution >= 4 is 34.9 Å². The van der Waals surface area contributed by atoms with Gasteiger partial charge in [0.05, 0.1) is 0 Å². The molecule has 0 aliphatic carbocycles. The second kappa shape index (κ2) is 5.14. The Balaban J connectivity index is 1.97. The summed E-state index contributed by atoms with van der Waals surface area (Å²) in [6.45, 7) is 0. The summed E-state index contributed by atoms with van der Waals surface area (Å²) in [4.78, 5) is 1.25. The van der Waals surface area contributed by atoms with Crippen molar-refractivity contribution in [3.63, 3.8) is 0 Å². The highest BCUT2D eigenvalue weighted by Crippen LogP contribution is 2.30. The molecule has 18 heavy (non-hydrogen) atoms. The fourth-order valence-corrected chi connectivity index (χ4v) is 3.95. The van der Waals surface area contributed by atoms with Crippen LogP contribution >= 0.6 is 34.9 Å². The van der Waals surface area contributed by atoms with E-state index in [1.165, 1.54) is 21.6 Å². The summed E-state index contributed by atoms with van der Waals surface area (Å²) in [7, 11) is 0. The Kier molecular flexibility index (Phi) is 3.37. The topological polar surface area (TPSA) is 0 Å². The van der Waals surface area contributed by atoms with E-state index in [2.05, 4.69) is 53.9 Å². The molecule has 1 heterocycles. The third-order valence-electron chi connectivity index (χ3n) is 2.73. The maximum atomic E-state index is 5.17. The normalized spacial score (nSPS) is 10.4. The van der Waals surface area contributed by atoms with E-state index in [-0.39, 0.29) is 0 Å². The largest absolute Gasteiger partial charge is 0.144 e. The minimum Gasteiger partial charge on any atom is -0.121 e. The molecule has 1 aromatic heterocycles. The third kappa shape index (κ3) is 2.43. The Morgan fingerprint density at radius 2 is 1.33 bits per heavy atom. The predicted octanol–water partition coefficient (Wildman–Crippen LogP) is 5.87. The van der Waals surface area contributed by atoms with E-state index in [0.717, 1.165) is 3.14 Å². The van der Waals surface area contributed by atoms with E-state index in [4.69, 9.17) is 12.2 Å². The van der Waals surface area contributed by atoms with Gasteiger partial charge < -0.3 is 0 Å². The van der Waals surface area contributed by atoms with Crippen LogP contribution < -0.4 is 0 Å². The number of hydrogen-bond acceptors (Lipinski definition) is 3. The lowest BCUT2D eigenvalue weighted by molar-refractivity contribution is 1.62. The Morgan fingerprint density at radius 1 is 0.722 bits per heavy atom. The van der Waals surface area contributed by atoms with Gasteiger partial charge in [-0.1, -0.05) is 66.8 Å². The predicted molar refractivity (Wildman–Crippen MR) is 83.9 cm³/mol. The summed E-state index contributed by atoms with van der Waals surface area (Å²) in [5.74, 6) is 0. The van der Waals surface area contributed by atoms with Crippen LogP contribution in [0.25, 0.3) is 21.6 Å². The molecule has 2 aromatic carbocycles. The molecular formula is C15H10S3. The molecule has 0 aliphatic rings. The number of hydrogen-bond donors (Lipinski definition) is 0. The standard InChI is InChI=1S/C15H10S3/c16-15-17-10-14(18-15)13-8-6-12(7-9-13)11-4-2-1-3-5-11/h1-10H. The Labute approximate surface area is 119 Å². The first-order chi connectivity index (χ1) is 8.83. The van der Waals surface area contributed by atoms with Crippen molar-refractivity contribution in [3.05, 3.63) is 63.1 Å². The van der Waals surface area contributed by atoms with Gasteiger partial charge in [0.2, 0.25) is 0 Å². The molecule has 3 aromatic rings. The highest BCUT2D eigenvalue weighted by atomic mass is 32.2. The summed E-state index contributed by atoms with van der Waals surface area (Å²) in [5.41, 5.74) is 3.74. The first-order valence-corrected chi connectivity index (χ1v) is 7.68. The van der Waals surface area contributed by atoms with Gasteiger partial charge in [0.15, 0.2) is 0 Å². The van der Waals surface area contributed by atoms with E-state index >= 15 is 0 Å². The van der Waals surface area contributed by atoms with Crippen LogP contribution in [0.5, 0.6) is 0 Å². The minimum absolute atomic E-state index is 0.983. The minimum atomic E-state index is 0.983. The summed E-state index contributed by atoms with van der Waals surface area (Å²) in [6.07, 6.45) is 0. The maximum absolute atomic E-state index is 5.17. The monoisotopic (exact) mass is 286 g/mol. The van der Waals surface area contributed by atoms with Gasteiger partial charge in [0, 0.05) is 10.3 Å². The van der Waals surface area contributed by atoms with Crippen LogP contribution in [0, 0.1) is 3.14 Å². The highest BCUT2D eigenvalue weighted by Gasteiger charge is 2.01. The average molecular weight is 286 g/mol. The lowest BCUT2D eigenvalue weighted by Gasteiger charge is -2.02. The molecule has 3 heteroatoms. The summed E-state index contributed by atoms with van der Waals surface area (Å²) < 4.78 is 0.983. The van der Waals surface area contributed by atoms with Crippen LogP contribution in [0.15, 0.2) is 60.0 Å². The highest BCUT2D eigenvalue weighted by molar-refractivity contribution is 7.76. The van der Waals surface area contributed by atoms with Gasteiger partial charge in [0.1, 0.15) is 3.14 Å². The molecule has 0 unspecified atom stereocenters. The van der Waals surface area contributed by atoms with E-state index < -0.39 is 0 Å². The summed E-state index contributed by atoms with van der Waals surface area (Å²) >= 11 is 8.48. The van der Waals surface area contributed by atoms with Crippen molar-refractivity contribution in [3.8, 4) is 21.6 Å². The second-order valence-corrected chi connectivity index (χ2v) is 7.01. The van der Waals surface area contributed by atoms with Crippen molar-refractivity contribution in [1.29, 1.82) is 0 Å². The Morgan fingerprint density at radius 3 is 1.94 bits per heavy atom. The molecular weight excluding hydrogens is 276 g/mol. The van der Waals surface area contributed by atoms with Crippen LogP contribution in [0.3, 0.4) is 0 Å². The third-order valence-corrected chi connectivity index (χ3v) is 5.24. The molecule has 88 valence electrons. The van der Waals surface area contributed by atoms with Gasteiger partial charge in [-0.3, -0.25) is 0 Å². The van der Waals surface area contributed by atoms with Crippen LogP contribution in [0.4, 0.5) is 0 Å². The Hall–Kier alpha value is -1.29. The maximum Gasteiger partial charge on any atom is 0.144 e. The smallest absolute Gasteiger partial charge is 0.121 e. The zero-order valence-corrected chi connectivity index (χ0v) is 11.9. The first kappa shape index (κ1) is 11.8. The lowest BCUT2D eigenvalue weighted by Crippen LogP contribution is -1.77. The summed E-state index contributed by atoms with van der Waals surface area (Å²) in [6, 6.07) is 19.1. The van der Waals surface area contributed by atoms with Crippen molar-refractivity contribution in [2.24, 2.45) is 0 Å². The van der Waals surface area contributed by atoms with Crippen LogP contribution in [-0.4, -0.2) is 0 Å². The molecule has 0 atom stereocenters. The SMILES string of the molecule is S=c1scc(-c2ccc(-c3ccccc3)cc2)s1. The van der Waals surface area contributed by atoms with E-state index in [9.17, 15) is 0 Å². The molecule has 0 saturated heterocycles. The first-order valence-electron chi connectivity index (χ1n) is 5.57. The van der Waals surface area contributed by atoms with Crippen LogP contribution in [0.2, 0.25) is 0 Å².